The molecule has 0 N–H and O–H groups in total. The van der Waals surface area contributed by atoms with Gasteiger partial charge in [0.2, 0.25) is 6.79 Å². The Bertz CT molecular complexity index is 886. The molecule has 0 fully saturated rings. The highest BCUT2D eigenvalue weighted by molar-refractivity contribution is 6.08. The standard InChI is InChI=1S/C21H16O4/c22-21(16-4-2-1-3-5-16)17-7-9-18(10-8-17)23-13-15-6-11-19-20(12-15)25-14-24-19/h1-12H,13-14H2. The molecule has 3 aromatic carbocycles. The van der Waals surface area contributed by atoms with Gasteiger partial charge in [0.05, 0.1) is 0 Å². The van der Waals surface area contributed by atoms with Crippen LogP contribution in [0.1, 0.15) is 21.5 Å². The number of carbonyl (C=O) groups is 1. The van der Waals surface area contributed by atoms with Gasteiger partial charge in [0, 0.05) is 11.1 Å². The smallest absolute Gasteiger partial charge is 0.231 e. The first-order chi connectivity index (χ1) is 12.3. The molecule has 124 valence electrons. The second-order valence-corrected chi connectivity index (χ2v) is 5.70. The molecular weight excluding hydrogens is 316 g/mol. The second kappa shape index (κ2) is 6.69. The van der Waals surface area contributed by atoms with E-state index in [1.807, 2.05) is 60.7 Å². The van der Waals surface area contributed by atoms with Crippen molar-refractivity contribution in [3.63, 3.8) is 0 Å². The summed E-state index contributed by atoms with van der Waals surface area (Å²) in [6, 6.07) is 22.1. The number of hydrogen-bond acceptors (Lipinski definition) is 4. The molecule has 25 heavy (non-hydrogen) atoms. The predicted octanol–water partition coefficient (Wildman–Crippen LogP) is 4.23. The van der Waals surface area contributed by atoms with Gasteiger partial charge in [-0.3, -0.25) is 4.79 Å². The summed E-state index contributed by atoms with van der Waals surface area (Å²) in [6.45, 7) is 0.680. The van der Waals surface area contributed by atoms with E-state index in [4.69, 9.17) is 14.2 Å². The number of fused-ring (bicyclic) bond motifs is 1. The zero-order valence-electron chi connectivity index (χ0n) is 13.5. The molecule has 1 heterocycles. The van der Waals surface area contributed by atoms with Crippen LogP contribution < -0.4 is 14.2 Å². The predicted molar refractivity (Wildman–Crippen MR) is 93.2 cm³/mol. The quantitative estimate of drug-likeness (QED) is 0.656. The Balaban J connectivity index is 1.41. The van der Waals surface area contributed by atoms with Crippen molar-refractivity contribution in [2.24, 2.45) is 0 Å². The Kier molecular flexibility index (Phi) is 4.09. The summed E-state index contributed by atoms with van der Waals surface area (Å²) in [5.41, 5.74) is 2.31. The van der Waals surface area contributed by atoms with Gasteiger partial charge in [-0.1, -0.05) is 36.4 Å². The molecule has 0 bridgehead atoms. The molecule has 4 rings (SSSR count). The van der Waals surface area contributed by atoms with Crippen LogP contribution in [0.2, 0.25) is 0 Å². The molecule has 0 atom stereocenters. The summed E-state index contributed by atoms with van der Waals surface area (Å²) >= 11 is 0. The summed E-state index contributed by atoms with van der Waals surface area (Å²) in [5.74, 6) is 2.21. The first kappa shape index (κ1) is 15.3. The van der Waals surface area contributed by atoms with E-state index in [0.717, 1.165) is 17.1 Å². The van der Waals surface area contributed by atoms with Gasteiger partial charge < -0.3 is 14.2 Å². The molecule has 1 aliphatic heterocycles. The maximum Gasteiger partial charge on any atom is 0.231 e. The number of ether oxygens (including phenoxy) is 3. The van der Waals surface area contributed by atoms with Crippen molar-refractivity contribution in [1.29, 1.82) is 0 Å². The van der Waals surface area contributed by atoms with Crippen LogP contribution in [0, 0.1) is 0 Å². The lowest BCUT2D eigenvalue weighted by molar-refractivity contribution is 0.103. The van der Waals surface area contributed by atoms with Gasteiger partial charge in [0.1, 0.15) is 12.4 Å². The second-order valence-electron chi connectivity index (χ2n) is 5.70. The Morgan fingerprint density at radius 2 is 1.56 bits per heavy atom. The van der Waals surface area contributed by atoms with Crippen LogP contribution in [-0.2, 0) is 6.61 Å². The highest BCUT2D eigenvalue weighted by Gasteiger charge is 2.13. The van der Waals surface area contributed by atoms with Crippen molar-refractivity contribution in [2.45, 2.75) is 6.61 Å². The molecular formula is C21H16O4. The summed E-state index contributed by atoms with van der Waals surface area (Å²) in [4.78, 5) is 12.4. The van der Waals surface area contributed by atoms with E-state index in [1.165, 1.54) is 0 Å². The van der Waals surface area contributed by atoms with Crippen LogP contribution in [0.5, 0.6) is 17.2 Å². The third-order valence-electron chi connectivity index (χ3n) is 3.99. The maximum absolute atomic E-state index is 12.4. The fourth-order valence-corrected chi connectivity index (χ4v) is 2.66. The minimum Gasteiger partial charge on any atom is -0.489 e. The largest absolute Gasteiger partial charge is 0.489 e. The third-order valence-corrected chi connectivity index (χ3v) is 3.99. The maximum atomic E-state index is 12.4. The number of ketones is 1. The van der Waals surface area contributed by atoms with E-state index >= 15 is 0 Å². The zero-order chi connectivity index (χ0) is 17.1. The Hall–Kier alpha value is -3.27. The van der Waals surface area contributed by atoms with E-state index in [2.05, 4.69) is 0 Å². The van der Waals surface area contributed by atoms with Crippen molar-refractivity contribution >= 4 is 5.78 Å². The van der Waals surface area contributed by atoms with Gasteiger partial charge in [0.15, 0.2) is 17.3 Å². The van der Waals surface area contributed by atoms with Crippen molar-refractivity contribution in [2.75, 3.05) is 6.79 Å². The summed E-state index contributed by atoms with van der Waals surface area (Å²) < 4.78 is 16.4. The van der Waals surface area contributed by atoms with E-state index < -0.39 is 0 Å². The van der Waals surface area contributed by atoms with Crippen LogP contribution in [0.3, 0.4) is 0 Å². The van der Waals surface area contributed by atoms with Crippen LogP contribution in [0.4, 0.5) is 0 Å². The van der Waals surface area contributed by atoms with E-state index in [1.54, 1.807) is 12.1 Å². The summed E-state index contributed by atoms with van der Waals surface area (Å²) in [6.07, 6.45) is 0. The molecule has 0 saturated carbocycles. The molecule has 0 amide bonds. The van der Waals surface area contributed by atoms with Crippen molar-refractivity contribution in [3.8, 4) is 17.2 Å². The van der Waals surface area contributed by atoms with Crippen LogP contribution >= 0.6 is 0 Å². The number of carbonyl (C=O) groups excluding carboxylic acids is 1. The highest BCUT2D eigenvalue weighted by Crippen LogP contribution is 2.32. The van der Waals surface area contributed by atoms with E-state index in [0.29, 0.717) is 23.5 Å². The Morgan fingerprint density at radius 1 is 0.840 bits per heavy atom. The zero-order valence-corrected chi connectivity index (χ0v) is 13.5. The van der Waals surface area contributed by atoms with Gasteiger partial charge in [-0.2, -0.15) is 0 Å². The first-order valence-corrected chi connectivity index (χ1v) is 8.01. The molecule has 4 nitrogen and oxygen atoms in total. The van der Waals surface area contributed by atoms with Crippen LogP contribution in [0.25, 0.3) is 0 Å². The SMILES string of the molecule is O=C(c1ccccc1)c1ccc(OCc2ccc3c(c2)OCO3)cc1. The molecule has 0 radical (unpaired) electrons. The molecule has 3 aromatic rings. The monoisotopic (exact) mass is 332 g/mol. The van der Waals surface area contributed by atoms with E-state index in [9.17, 15) is 4.79 Å². The molecule has 0 spiro atoms. The lowest BCUT2D eigenvalue weighted by atomic mass is 10.0. The minimum absolute atomic E-state index is 0.00270. The minimum atomic E-state index is 0.00270. The van der Waals surface area contributed by atoms with Crippen LogP contribution in [0.15, 0.2) is 72.8 Å². The van der Waals surface area contributed by atoms with Crippen molar-refractivity contribution in [3.05, 3.63) is 89.5 Å². The molecule has 0 aliphatic carbocycles. The first-order valence-electron chi connectivity index (χ1n) is 8.01. The Morgan fingerprint density at radius 3 is 2.36 bits per heavy atom. The topological polar surface area (TPSA) is 44.8 Å². The fourth-order valence-electron chi connectivity index (χ4n) is 2.66. The number of rotatable bonds is 5. The normalized spacial score (nSPS) is 12.0. The lowest BCUT2D eigenvalue weighted by Crippen LogP contribution is -2.01. The van der Waals surface area contributed by atoms with Gasteiger partial charge >= 0.3 is 0 Å². The molecule has 1 aliphatic rings. The molecule has 0 unspecified atom stereocenters. The fraction of sp³-hybridized carbons (Fsp3) is 0.0952. The lowest BCUT2D eigenvalue weighted by Gasteiger charge is -2.08. The molecule has 0 saturated heterocycles. The Labute approximate surface area is 145 Å². The third kappa shape index (κ3) is 3.33. The number of hydrogen-bond donors (Lipinski definition) is 0. The van der Waals surface area contributed by atoms with Crippen LogP contribution in [-0.4, -0.2) is 12.6 Å². The van der Waals surface area contributed by atoms with Gasteiger partial charge in [0.25, 0.3) is 0 Å². The van der Waals surface area contributed by atoms with Gasteiger partial charge in [-0.25, -0.2) is 0 Å². The molecule has 0 aromatic heterocycles. The highest BCUT2D eigenvalue weighted by atomic mass is 16.7. The van der Waals surface area contributed by atoms with Gasteiger partial charge in [-0.05, 0) is 42.0 Å². The average molecular weight is 332 g/mol. The van der Waals surface area contributed by atoms with Crippen molar-refractivity contribution < 1.29 is 19.0 Å². The molecule has 4 heteroatoms. The summed E-state index contributed by atoms with van der Waals surface area (Å²) in [7, 11) is 0. The number of benzene rings is 3. The van der Waals surface area contributed by atoms with Crippen molar-refractivity contribution in [1.82, 2.24) is 0 Å². The average Bonchev–Trinajstić information content (AvgIpc) is 3.15. The summed E-state index contributed by atoms with van der Waals surface area (Å²) in [5, 5.41) is 0. The van der Waals surface area contributed by atoms with E-state index in [-0.39, 0.29) is 12.6 Å². The van der Waals surface area contributed by atoms with Gasteiger partial charge in [-0.15, -0.1) is 0 Å².